The lowest BCUT2D eigenvalue weighted by Gasteiger charge is -2.18. The zero-order valence-corrected chi connectivity index (χ0v) is 11.9. The number of carbonyl (C=O) groups is 2. The molecule has 20 heavy (non-hydrogen) atoms. The van der Waals surface area contributed by atoms with Crippen molar-refractivity contribution in [2.45, 2.75) is 32.7 Å². The summed E-state index contributed by atoms with van der Waals surface area (Å²) in [6.45, 7) is 4.04. The molecule has 0 aliphatic carbocycles. The van der Waals surface area contributed by atoms with Crippen molar-refractivity contribution in [2.75, 3.05) is 6.54 Å². The number of benzene rings is 1. The number of rotatable bonds is 7. The van der Waals surface area contributed by atoms with Crippen molar-refractivity contribution in [1.82, 2.24) is 10.6 Å². The topological polar surface area (TPSA) is 78.4 Å². The molecule has 1 atom stereocenters. The Labute approximate surface area is 119 Å². The predicted molar refractivity (Wildman–Crippen MR) is 77.6 cm³/mol. The monoisotopic (exact) mass is 278 g/mol. The average Bonchev–Trinajstić information content (AvgIpc) is 2.41. The van der Waals surface area contributed by atoms with Crippen molar-refractivity contribution in [3.8, 4) is 0 Å². The van der Waals surface area contributed by atoms with Crippen LogP contribution in [-0.2, 0) is 11.2 Å². The maximum atomic E-state index is 11.6. The van der Waals surface area contributed by atoms with E-state index in [0.29, 0.717) is 6.54 Å². The molecule has 1 rings (SSSR count). The number of carbonyl (C=O) groups excluding carboxylic acids is 1. The molecular weight excluding hydrogens is 256 g/mol. The summed E-state index contributed by atoms with van der Waals surface area (Å²) in [5, 5.41) is 14.1. The highest BCUT2D eigenvalue weighted by Gasteiger charge is 2.22. The van der Waals surface area contributed by atoms with E-state index in [-0.39, 0.29) is 5.92 Å². The minimum Gasteiger partial charge on any atom is -0.480 e. The molecule has 5 nitrogen and oxygen atoms in total. The molecule has 0 bridgehead atoms. The fraction of sp³-hybridized carbons (Fsp3) is 0.467. The summed E-state index contributed by atoms with van der Waals surface area (Å²) in [6.07, 6.45) is 1.70. The molecule has 1 aromatic carbocycles. The summed E-state index contributed by atoms with van der Waals surface area (Å²) < 4.78 is 0. The number of carboxylic acids is 1. The third kappa shape index (κ3) is 5.73. The van der Waals surface area contributed by atoms with Crippen LogP contribution in [0.1, 0.15) is 25.8 Å². The Morgan fingerprint density at radius 2 is 1.85 bits per heavy atom. The largest absolute Gasteiger partial charge is 0.480 e. The number of nitrogens with one attached hydrogen (secondary N) is 2. The predicted octanol–water partition coefficient (Wildman–Crippen LogP) is 2.03. The summed E-state index contributed by atoms with van der Waals surface area (Å²) in [7, 11) is 0. The molecule has 5 heteroatoms. The zero-order valence-electron chi connectivity index (χ0n) is 11.9. The van der Waals surface area contributed by atoms with Crippen molar-refractivity contribution >= 4 is 12.0 Å². The highest BCUT2D eigenvalue weighted by Crippen LogP contribution is 2.02. The van der Waals surface area contributed by atoms with Gasteiger partial charge in [-0.25, -0.2) is 9.59 Å². The molecule has 0 radical (unpaired) electrons. The molecule has 0 unspecified atom stereocenters. The summed E-state index contributed by atoms with van der Waals surface area (Å²) in [6, 6.07) is 8.72. The molecule has 0 aliphatic heterocycles. The van der Waals surface area contributed by atoms with Gasteiger partial charge in [-0.05, 0) is 24.3 Å². The van der Waals surface area contributed by atoms with E-state index in [4.69, 9.17) is 5.11 Å². The van der Waals surface area contributed by atoms with E-state index in [1.54, 1.807) is 13.8 Å². The molecule has 0 saturated carbocycles. The van der Waals surface area contributed by atoms with E-state index in [2.05, 4.69) is 10.6 Å². The van der Waals surface area contributed by atoms with E-state index in [1.807, 2.05) is 30.3 Å². The van der Waals surface area contributed by atoms with Crippen LogP contribution in [0.3, 0.4) is 0 Å². The summed E-state index contributed by atoms with van der Waals surface area (Å²) in [4.78, 5) is 22.5. The van der Waals surface area contributed by atoms with Gasteiger partial charge < -0.3 is 15.7 Å². The Kier molecular flexibility index (Phi) is 6.56. The van der Waals surface area contributed by atoms with Crippen molar-refractivity contribution in [2.24, 2.45) is 5.92 Å². The summed E-state index contributed by atoms with van der Waals surface area (Å²) in [5.41, 5.74) is 1.22. The molecule has 0 spiro atoms. The van der Waals surface area contributed by atoms with Crippen LogP contribution in [0.5, 0.6) is 0 Å². The minimum absolute atomic E-state index is 0.150. The Morgan fingerprint density at radius 3 is 2.40 bits per heavy atom. The van der Waals surface area contributed by atoms with Gasteiger partial charge >= 0.3 is 12.0 Å². The van der Waals surface area contributed by atoms with Crippen LogP contribution in [0, 0.1) is 5.92 Å². The first-order valence-corrected chi connectivity index (χ1v) is 6.82. The lowest BCUT2D eigenvalue weighted by molar-refractivity contribution is -0.140. The molecular formula is C15H22N2O3. The van der Waals surface area contributed by atoms with Crippen LogP contribution >= 0.6 is 0 Å². The standard InChI is InChI=1S/C15H22N2O3/c1-11(2)13(14(18)19)17-15(20)16-10-6-9-12-7-4-3-5-8-12/h3-5,7-8,11,13H,6,9-10H2,1-2H3,(H,18,19)(H2,16,17,20)/t13-/m1/s1. The van der Waals surface area contributed by atoms with Gasteiger partial charge in [0, 0.05) is 6.54 Å². The number of hydrogen-bond donors (Lipinski definition) is 3. The molecule has 1 aromatic rings. The Bertz CT molecular complexity index is 432. The van der Waals surface area contributed by atoms with E-state index in [1.165, 1.54) is 5.56 Å². The molecule has 0 heterocycles. The van der Waals surface area contributed by atoms with Gasteiger partial charge in [-0.3, -0.25) is 0 Å². The van der Waals surface area contributed by atoms with E-state index in [0.717, 1.165) is 12.8 Å². The van der Waals surface area contributed by atoms with Gasteiger partial charge in [0.05, 0.1) is 0 Å². The highest BCUT2D eigenvalue weighted by molar-refractivity contribution is 5.82. The van der Waals surface area contributed by atoms with Gasteiger partial charge in [0.2, 0.25) is 0 Å². The number of carboxylic acid groups (broad SMARTS) is 1. The summed E-state index contributed by atoms with van der Waals surface area (Å²) >= 11 is 0. The smallest absolute Gasteiger partial charge is 0.326 e. The van der Waals surface area contributed by atoms with Crippen LogP contribution in [-0.4, -0.2) is 29.7 Å². The molecule has 2 amide bonds. The maximum Gasteiger partial charge on any atom is 0.326 e. The van der Waals surface area contributed by atoms with Crippen molar-refractivity contribution in [3.63, 3.8) is 0 Å². The third-order valence-electron chi connectivity index (χ3n) is 2.99. The molecule has 0 saturated heterocycles. The Morgan fingerprint density at radius 1 is 1.20 bits per heavy atom. The quantitative estimate of drug-likeness (QED) is 0.668. The third-order valence-corrected chi connectivity index (χ3v) is 2.99. The van der Waals surface area contributed by atoms with Crippen molar-refractivity contribution < 1.29 is 14.7 Å². The number of urea groups is 1. The van der Waals surface area contributed by atoms with Crippen LogP contribution in [0.2, 0.25) is 0 Å². The average molecular weight is 278 g/mol. The van der Waals surface area contributed by atoms with Gasteiger partial charge in [-0.15, -0.1) is 0 Å². The normalized spacial score (nSPS) is 11.9. The number of aliphatic carboxylic acids is 1. The lowest BCUT2D eigenvalue weighted by Crippen LogP contribution is -2.48. The van der Waals surface area contributed by atoms with Crippen LogP contribution in [0.15, 0.2) is 30.3 Å². The number of hydrogen-bond acceptors (Lipinski definition) is 2. The Balaban J connectivity index is 2.24. The second-order valence-electron chi connectivity index (χ2n) is 5.05. The lowest BCUT2D eigenvalue weighted by atomic mass is 10.1. The van der Waals surface area contributed by atoms with Crippen LogP contribution in [0.4, 0.5) is 4.79 Å². The molecule has 3 N–H and O–H groups in total. The van der Waals surface area contributed by atoms with Gasteiger partial charge in [0.1, 0.15) is 6.04 Å². The summed E-state index contributed by atoms with van der Waals surface area (Å²) in [5.74, 6) is -1.16. The fourth-order valence-corrected chi connectivity index (χ4v) is 1.84. The van der Waals surface area contributed by atoms with Gasteiger partial charge in [-0.1, -0.05) is 44.2 Å². The molecule has 0 fully saturated rings. The Hall–Kier alpha value is -2.04. The SMILES string of the molecule is CC(C)[C@@H](NC(=O)NCCCc1ccccc1)C(=O)O. The molecule has 0 aliphatic rings. The highest BCUT2D eigenvalue weighted by atomic mass is 16.4. The molecule has 0 aromatic heterocycles. The van der Waals surface area contributed by atoms with E-state index in [9.17, 15) is 9.59 Å². The maximum absolute atomic E-state index is 11.6. The second-order valence-corrected chi connectivity index (χ2v) is 5.05. The fourth-order valence-electron chi connectivity index (χ4n) is 1.84. The van der Waals surface area contributed by atoms with Crippen molar-refractivity contribution in [3.05, 3.63) is 35.9 Å². The van der Waals surface area contributed by atoms with Gasteiger partial charge in [0.25, 0.3) is 0 Å². The first kappa shape index (κ1) is 16.0. The van der Waals surface area contributed by atoms with Gasteiger partial charge in [0.15, 0.2) is 0 Å². The van der Waals surface area contributed by atoms with Crippen LogP contribution < -0.4 is 10.6 Å². The van der Waals surface area contributed by atoms with Crippen molar-refractivity contribution in [1.29, 1.82) is 0 Å². The zero-order chi connectivity index (χ0) is 15.0. The van der Waals surface area contributed by atoms with Crippen LogP contribution in [0.25, 0.3) is 0 Å². The second kappa shape index (κ2) is 8.19. The van der Waals surface area contributed by atoms with E-state index >= 15 is 0 Å². The number of amides is 2. The first-order valence-electron chi connectivity index (χ1n) is 6.82. The van der Waals surface area contributed by atoms with E-state index < -0.39 is 18.0 Å². The molecule has 110 valence electrons. The van der Waals surface area contributed by atoms with Gasteiger partial charge in [-0.2, -0.15) is 0 Å². The minimum atomic E-state index is -1.01. The first-order chi connectivity index (χ1) is 9.50. The number of aryl methyl sites for hydroxylation is 1.